The molecule has 3 nitrogen and oxygen atoms in total. The van der Waals surface area contributed by atoms with Gasteiger partial charge in [0.15, 0.2) is 0 Å². The van der Waals surface area contributed by atoms with Crippen molar-refractivity contribution in [1.82, 2.24) is 9.88 Å². The van der Waals surface area contributed by atoms with Crippen LogP contribution in [-0.2, 0) is 0 Å². The van der Waals surface area contributed by atoms with E-state index in [9.17, 15) is 0 Å². The van der Waals surface area contributed by atoms with E-state index in [1.807, 2.05) is 39.2 Å². The van der Waals surface area contributed by atoms with Crippen LogP contribution in [0.5, 0.6) is 0 Å². The summed E-state index contributed by atoms with van der Waals surface area (Å²) in [5.41, 5.74) is 3.23. The number of aromatic nitrogens is 1. The summed E-state index contributed by atoms with van der Waals surface area (Å²) < 4.78 is 0. The summed E-state index contributed by atoms with van der Waals surface area (Å²) in [6, 6.07) is 8.14. The van der Waals surface area contributed by atoms with Gasteiger partial charge in [-0.2, -0.15) is 0 Å². The Labute approximate surface area is 89.2 Å². The monoisotopic (exact) mass is 201 g/mol. The molecule has 2 aromatic rings. The second-order valence-electron chi connectivity index (χ2n) is 4.00. The molecule has 3 heteroatoms. The Hall–Kier alpha value is -1.77. The number of nitrogens with zero attached hydrogens (tertiary/aromatic N) is 1. The lowest BCUT2D eigenvalue weighted by Gasteiger charge is -2.13. The van der Waals surface area contributed by atoms with Gasteiger partial charge in [0.05, 0.1) is 0 Å². The van der Waals surface area contributed by atoms with Gasteiger partial charge in [0, 0.05) is 36.3 Å². The number of amidine groups is 1. The van der Waals surface area contributed by atoms with E-state index >= 15 is 0 Å². The third-order valence-electron chi connectivity index (χ3n) is 2.48. The topological polar surface area (TPSA) is 42.9 Å². The quantitative estimate of drug-likeness (QED) is 0.540. The van der Waals surface area contributed by atoms with Gasteiger partial charge in [0.25, 0.3) is 0 Å². The number of aromatic amines is 1. The molecule has 1 aromatic heterocycles. The predicted octanol–water partition coefficient (Wildman–Crippen LogP) is 2.36. The minimum Gasteiger partial charge on any atom is -0.363 e. The summed E-state index contributed by atoms with van der Waals surface area (Å²) in [4.78, 5) is 5.08. The minimum absolute atomic E-state index is 0.538. The smallest absolute Gasteiger partial charge is 0.127 e. The lowest BCUT2D eigenvalue weighted by Crippen LogP contribution is -2.21. The fourth-order valence-electron chi connectivity index (χ4n) is 1.68. The van der Waals surface area contributed by atoms with Gasteiger partial charge in [-0.25, -0.2) is 0 Å². The molecule has 0 aliphatic rings. The molecule has 0 saturated carbocycles. The summed E-state index contributed by atoms with van der Waals surface area (Å²) in [5, 5.41) is 9.05. The molecular formula is C12H15N3. The molecule has 2 N–H and O–H groups in total. The number of fused-ring (bicyclic) bond motifs is 1. The zero-order valence-electron chi connectivity index (χ0n) is 9.26. The first kappa shape index (κ1) is 9.77. The predicted molar refractivity (Wildman–Crippen MR) is 63.6 cm³/mol. The summed E-state index contributed by atoms with van der Waals surface area (Å²) >= 11 is 0. The summed E-state index contributed by atoms with van der Waals surface area (Å²) in [7, 11) is 3.77. The molecular weight excluding hydrogens is 186 g/mol. The van der Waals surface area contributed by atoms with Gasteiger partial charge in [-0.3, -0.25) is 5.41 Å². The van der Waals surface area contributed by atoms with Gasteiger partial charge in [-0.05, 0) is 31.2 Å². The zero-order chi connectivity index (χ0) is 11.0. The van der Waals surface area contributed by atoms with Crippen molar-refractivity contribution in [2.24, 2.45) is 0 Å². The molecule has 0 bridgehead atoms. The summed E-state index contributed by atoms with van der Waals surface area (Å²) in [6.45, 7) is 2.04. The Morgan fingerprint density at radius 2 is 2.00 bits per heavy atom. The maximum Gasteiger partial charge on any atom is 0.127 e. The summed E-state index contributed by atoms with van der Waals surface area (Å²) in [5.74, 6) is 0.538. The fraction of sp³-hybridized carbons (Fsp3) is 0.250. The van der Waals surface area contributed by atoms with Crippen molar-refractivity contribution in [3.63, 3.8) is 0 Å². The van der Waals surface area contributed by atoms with Crippen LogP contribution in [0.15, 0.2) is 24.3 Å². The average molecular weight is 201 g/mol. The molecule has 78 valence electrons. The van der Waals surface area contributed by atoms with E-state index in [1.54, 1.807) is 4.90 Å². The number of hydrogen-bond acceptors (Lipinski definition) is 1. The van der Waals surface area contributed by atoms with E-state index in [-0.39, 0.29) is 0 Å². The van der Waals surface area contributed by atoms with Crippen molar-refractivity contribution in [2.75, 3.05) is 14.1 Å². The summed E-state index contributed by atoms with van der Waals surface area (Å²) in [6.07, 6.45) is 0. The van der Waals surface area contributed by atoms with Crippen LogP contribution in [0.4, 0.5) is 0 Å². The van der Waals surface area contributed by atoms with Crippen LogP contribution >= 0.6 is 0 Å². The van der Waals surface area contributed by atoms with Gasteiger partial charge in [-0.15, -0.1) is 0 Å². The Balaban J connectivity index is 2.51. The first-order chi connectivity index (χ1) is 7.08. The standard InChI is InChI=1S/C12H15N3/c1-8-6-10-7-9(12(13)15(2)3)4-5-11(10)14-8/h4-7,13-14H,1-3H3. The van der Waals surface area contributed by atoms with Crippen LogP contribution in [-0.4, -0.2) is 29.8 Å². The first-order valence-electron chi connectivity index (χ1n) is 4.93. The van der Waals surface area contributed by atoms with Crippen LogP contribution in [0.3, 0.4) is 0 Å². The molecule has 2 rings (SSSR count). The van der Waals surface area contributed by atoms with Crippen molar-refractivity contribution in [3.8, 4) is 0 Å². The van der Waals surface area contributed by atoms with Crippen molar-refractivity contribution in [1.29, 1.82) is 5.41 Å². The van der Waals surface area contributed by atoms with E-state index in [4.69, 9.17) is 5.41 Å². The number of hydrogen-bond donors (Lipinski definition) is 2. The molecule has 0 fully saturated rings. The van der Waals surface area contributed by atoms with Gasteiger partial charge >= 0.3 is 0 Å². The molecule has 0 aliphatic heterocycles. The molecule has 0 aliphatic carbocycles. The second-order valence-corrected chi connectivity index (χ2v) is 4.00. The van der Waals surface area contributed by atoms with Crippen molar-refractivity contribution < 1.29 is 0 Å². The molecule has 0 amide bonds. The molecule has 1 heterocycles. The maximum atomic E-state index is 7.88. The number of aryl methyl sites for hydroxylation is 1. The Morgan fingerprint density at radius 1 is 1.27 bits per heavy atom. The highest BCUT2D eigenvalue weighted by Gasteiger charge is 2.05. The van der Waals surface area contributed by atoms with Crippen LogP contribution in [0.25, 0.3) is 10.9 Å². The van der Waals surface area contributed by atoms with Crippen LogP contribution in [0.2, 0.25) is 0 Å². The van der Waals surface area contributed by atoms with Gasteiger partial charge < -0.3 is 9.88 Å². The first-order valence-corrected chi connectivity index (χ1v) is 4.93. The Bertz CT molecular complexity index is 509. The van der Waals surface area contributed by atoms with Gasteiger partial charge in [-0.1, -0.05) is 0 Å². The Morgan fingerprint density at radius 3 is 2.67 bits per heavy atom. The molecule has 0 saturated heterocycles. The van der Waals surface area contributed by atoms with Gasteiger partial charge in [0.2, 0.25) is 0 Å². The lowest BCUT2D eigenvalue weighted by atomic mass is 10.1. The number of nitrogens with one attached hydrogen (secondary N) is 2. The number of rotatable bonds is 1. The van der Waals surface area contributed by atoms with E-state index in [0.717, 1.165) is 22.2 Å². The van der Waals surface area contributed by atoms with E-state index in [0.29, 0.717) is 5.84 Å². The third kappa shape index (κ3) is 1.73. The largest absolute Gasteiger partial charge is 0.363 e. The lowest BCUT2D eigenvalue weighted by molar-refractivity contribution is 0.619. The third-order valence-corrected chi connectivity index (χ3v) is 2.48. The highest BCUT2D eigenvalue weighted by molar-refractivity contribution is 5.99. The van der Waals surface area contributed by atoms with E-state index in [2.05, 4.69) is 11.1 Å². The van der Waals surface area contributed by atoms with Crippen LogP contribution < -0.4 is 0 Å². The number of benzene rings is 1. The molecule has 0 radical (unpaired) electrons. The SMILES string of the molecule is Cc1cc2cc(C(=N)N(C)C)ccc2[nH]1. The van der Waals surface area contributed by atoms with Crippen LogP contribution in [0, 0.1) is 12.3 Å². The minimum atomic E-state index is 0.538. The van der Waals surface area contributed by atoms with Crippen molar-refractivity contribution >= 4 is 16.7 Å². The molecule has 15 heavy (non-hydrogen) atoms. The maximum absolute atomic E-state index is 7.88. The zero-order valence-corrected chi connectivity index (χ0v) is 9.26. The van der Waals surface area contributed by atoms with Crippen molar-refractivity contribution in [3.05, 3.63) is 35.5 Å². The molecule has 1 aromatic carbocycles. The number of H-pyrrole nitrogens is 1. The van der Waals surface area contributed by atoms with Crippen molar-refractivity contribution in [2.45, 2.75) is 6.92 Å². The molecule has 0 unspecified atom stereocenters. The second kappa shape index (κ2) is 3.42. The highest BCUT2D eigenvalue weighted by Crippen LogP contribution is 2.17. The van der Waals surface area contributed by atoms with E-state index in [1.165, 1.54) is 0 Å². The molecule has 0 atom stereocenters. The normalized spacial score (nSPS) is 10.6. The highest BCUT2D eigenvalue weighted by atomic mass is 15.1. The Kier molecular flexibility index (Phi) is 2.23. The van der Waals surface area contributed by atoms with Gasteiger partial charge in [0.1, 0.15) is 5.84 Å². The average Bonchev–Trinajstić information content (AvgIpc) is 2.55. The molecule has 0 spiro atoms. The fourth-order valence-corrected chi connectivity index (χ4v) is 1.68. The van der Waals surface area contributed by atoms with E-state index < -0.39 is 0 Å². The van der Waals surface area contributed by atoms with Crippen LogP contribution in [0.1, 0.15) is 11.3 Å².